The fraction of sp³-hybridized carbons (Fsp3) is 0.269. The largest absolute Gasteiger partial charge is 0.370 e. The molecule has 1 fully saturated rings. The summed E-state index contributed by atoms with van der Waals surface area (Å²) in [5.74, 6) is 1.54. The minimum Gasteiger partial charge on any atom is -0.370 e. The van der Waals surface area contributed by atoms with Gasteiger partial charge in [-0.15, -0.1) is 5.10 Å². The van der Waals surface area contributed by atoms with Gasteiger partial charge in [0.1, 0.15) is 36.1 Å². The van der Waals surface area contributed by atoms with Gasteiger partial charge in [-0.2, -0.15) is 0 Å². The maximum atomic E-state index is 13.5. The Morgan fingerprint density at radius 1 is 0.919 bits per heavy atom. The predicted molar refractivity (Wildman–Crippen MR) is 136 cm³/mol. The van der Waals surface area contributed by atoms with Gasteiger partial charge in [0.2, 0.25) is 5.91 Å². The standard InChI is InChI=1S/C26H26F2N8O/c1-2-29-22-15-23(31-17-30-22)34-11-13-35(14-12-34)24(37)16-36-26(19-5-9-21(28)10-6-19)32-25(33-36)18-3-7-20(27)8-4-18/h3-10,15,17H,2,11-14,16H2,1H3,(H,29,30,31). The van der Waals surface area contributed by atoms with Crippen molar-refractivity contribution >= 4 is 17.5 Å². The zero-order chi connectivity index (χ0) is 25.8. The Bertz CT molecular complexity index is 1370. The summed E-state index contributed by atoms with van der Waals surface area (Å²) in [4.78, 5) is 30.3. The zero-order valence-electron chi connectivity index (χ0n) is 20.3. The lowest BCUT2D eigenvalue weighted by Crippen LogP contribution is -2.50. The van der Waals surface area contributed by atoms with Gasteiger partial charge >= 0.3 is 0 Å². The summed E-state index contributed by atoms with van der Waals surface area (Å²) in [5.41, 5.74) is 1.24. The van der Waals surface area contributed by atoms with Crippen molar-refractivity contribution in [2.45, 2.75) is 13.5 Å². The molecular formula is C26H26F2N8O. The summed E-state index contributed by atoms with van der Waals surface area (Å²) in [6, 6.07) is 13.6. The second-order valence-electron chi connectivity index (χ2n) is 8.59. The first-order valence-electron chi connectivity index (χ1n) is 12.1. The molecule has 0 atom stereocenters. The van der Waals surface area contributed by atoms with Gasteiger partial charge in [-0.25, -0.2) is 28.4 Å². The second kappa shape index (κ2) is 10.7. The number of nitrogens with one attached hydrogen (secondary N) is 1. The topological polar surface area (TPSA) is 92.1 Å². The van der Waals surface area contributed by atoms with Gasteiger partial charge in [0.15, 0.2) is 11.6 Å². The molecule has 190 valence electrons. The second-order valence-corrected chi connectivity index (χ2v) is 8.59. The third kappa shape index (κ3) is 5.55. The van der Waals surface area contributed by atoms with Gasteiger partial charge in [0, 0.05) is 49.9 Å². The first kappa shape index (κ1) is 24.3. The number of hydrogen-bond acceptors (Lipinski definition) is 7. The highest BCUT2D eigenvalue weighted by molar-refractivity contribution is 5.77. The highest BCUT2D eigenvalue weighted by Crippen LogP contribution is 2.24. The number of hydrogen-bond donors (Lipinski definition) is 1. The minimum atomic E-state index is -0.371. The Morgan fingerprint density at radius 2 is 1.57 bits per heavy atom. The Morgan fingerprint density at radius 3 is 2.22 bits per heavy atom. The Labute approximate surface area is 212 Å². The van der Waals surface area contributed by atoms with E-state index in [1.807, 2.05) is 13.0 Å². The molecule has 0 radical (unpaired) electrons. The molecule has 0 unspecified atom stereocenters. The van der Waals surface area contributed by atoms with Crippen LogP contribution >= 0.6 is 0 Å². The maximum Gasteiger partial charge on any atom is 0.244 e. The number of carbonyl (C=O) groups excluding carboxylic acids is 1. The van der Waals surface area contributed by atoms with Crippen LogP contribution in [0, 0.1) is 11.6 Å². The fourth-order valence-electron chi connectivity index (χ4n) is 4.20. The Hall–Kier alpha value is -4.41. The predicted octanol–water partition coefficient (Wildman–Crippen LogP) is 3.46. The first-order valence-corrected chi connectivity index (χ1v) is 12.1. The molecule has 9 nitrogen and oxygen atoms in total. The van der Waals surface area contributed by atoms with Crippen LogP contribution in [0.1, 0.15) is 6.92 Å². The number of aromatic nitrogens is 5. The van der Waals surface area contributed by atoms with Crippen LogP contribution in [0.25, 0.3) is 22.8 Å². The number of benzene rings is 2. The average Bonchev–Trinajstić information content (AvgIpc) is 3.33. The van der Waals surface area contributed by atoms with Crippen molar-refractivity contribution in [3.8, 4) is 22.8 Å². The van der Waals surface area contributed by atoms with E-state index in [0.29, 0.717) is 49.0 Å². The average molecular weight is 505 g/mol. The van der Waals surface area contributed by atoms with Gasteiger partial charge in [0.05, 0.1) is 0 Å². The van der Waals surface area contributed by atoms with E-state index in [1.165, 1.54) is 35.3 Å². The number of piperazine rings is 1. The van der Waals surface area contributed by atoms with Gasteiger partial charge in [-0.1, -0.05) is 0 Å². The van der Waals surface area contributed by atoms with Crippen molar-refractivity contribution in [3.05, 3.63) is 72.6 Å². The van der Waals surface area contributed by atoms with Gasteiger partial charge in [-0.05, 0) is 55.5 Å². The van der Waals surface area contributed by atoms with Crippen molar-refractivity contribution in [2.24, 2.45) is 0 Å². The molecular weight excluding hydrogens is 478 g/mol. The molecule has 1 saturated heterocycles. The van der Waals surface area contributed by atoms with Crippen LogP contribution < -0.4 is 10.2 Å². The number of rotatable bonds is 7. The lowest BCUT2D eigenvalue weighted by Gasteiger charge is -2.35. The molecule has 5 rings (SSSR count). The van der Waals surface area contributed by atoms with Crippen molar-refractivity contribution in [3.63, 3.8) is 0 Å². The first-order chi connectivity index (χ1) is 18.0. The SMILES string of the molecule is CCNc1cc(N2CCN(C(=O)Cn3nc(-c4ccc(F)cc4)nc3-c3ccc(F)cc3)CC2)ncn1. The van der Waals surface area contributed by atoms with Crippen LogP contribution in [-0.4, -0.2) is 68.3 Å². The van der Waals surface area contributed by atoms with Crippen LogP contribution in [0.4, 0.5) is 20.4 Å². The van der Waals surface area contributed by atoms with Gasteiger partial charge in [0.25, 0.3) is 0 Å². The molecule has 37 heavy (non-hydrogen) atoms. The molecule has 1 amide bonds. The molecule has 0 spiro atoms. The number of anilines is 2. The van der Waals surface area contributed by atoms with Crippen LogP contribution in [0.15, 0.2) is 60.9 Å². The normalized spacial score (nSPS) is 13.6. The van der Waals surface area contributed by atoms with Gasteiger partial charge in [-0.3, -0.25) is 4.79 Å². The summed E-state index contributed by atoms with van der Waals surface area (Å²) < 4.78 is 28.5. The number of carbonyl (C=O) groups is 1. The summed E-state index contributed by atoms with van der Waals surface area (Å²) in [6.07, 6.45) is 1.53. The van der Waals surface area contributed by atoms with Crippen molar-refractivity contribution in [2.75, 3.05) is 42.9 Å². The van der Waals surface area contributed by atoms with Crippen LogP contribution in [0.5, 0.6) is 0 Å². The lowest BCUT2D eigenvalue weighted by atomic mass is 10.2. The molecule has 11 heteroatoms. The van der Waals surface area contributed by atoms with Gasteiger partial charge < -0.3 is 15.1 Å². The Balaban J connectivity index is 1.32. The molecule has 3 heterocycles. The fourth-order valence-corrected chi connectivity index (χ4v) is 4.20. The van der Waals surface area contributed by atoms with E-state index in [2.05, 4.69) is 30.3 Å². The third-order valence-corrected chi connectivity index (χ3v) is 6.13. The molecule has 1 N–H and O–H groups in total. The molecule has 0 saturated carbocycles. The monoisotopic (exact) mass is 504 g/mol. The molecule has 0 aliphatic carbocycles. The lowest BCUT2D eigenvalue weighted by molar-refractivity contribution is -0.132. The van der Waals surface area contributed by atoms with E-state index in [0.717, 1.165) is 18.2 Å². The van der Waals surface area contributed by atoms with Crippen molar-refractivity contribution < 1.29 is 13.6 Å². The molecule has 2 aromatic carbocycles. The third-order valence-electron chi connectivity index (χ3n) is 6.13. The van der Waals surface area contributed by atoms with E-state index < -0.39 is 0 Å². The highest BCUT2D eigenvalue weighted by atomic mass is 19.1. The molecule has 2 aromatic heterocycles. The Kier molecular flexibility index (Phi) is 7.02. The van der Waals surface area contributed by atoms with E-state index in [-0.39, 0.29) is 24.1 Å². The van der Waals surface area contributed by atoms with E-state index in [9.17, 15) is 13.6 Å². The van der Waals surface area contributed by atoms with E-state index >= 15 is 0 Å². The van der Waals surface area contributed by atoms with Crippen LogP contribution in [0.3, 0.4) is 0 Å². The summed E-state index contributed by atoms with van der Waals surface area (Å²) in [7, 11) is 0. The van der Waals surface area contributed by atoms with E-state index in [4.69, 9.17) is 0 Å². The molecule has 0 bridgehead atoms. The van der Waals surface area contributed by atoms with Crippen LogP contribution in [-0.2, 0) is 11.3 Å². The summed E-state index contributed by atoms with van der Waals surface area (Å²) in [6.45, 7) is 5.08. The molecule has 4 aromatic rings. The highest BCUT2D eigenvalue weighted by Gasteiger charge is 2.24. The smallest absolute Gasteiger partial charge is 0.244 e. The van der Waals surface area contributed by atoms with Crippen molar-refractivity contribution in [1.29, 1.82) is 0 Å². The summed E-state index contributed by atoms with van der Waals surface area (Å²) in [5, 5.41) is 7.72. The van der Waals surface area contributed by atoms with Crippen LogP contribution in [0.2, 0.25) is 0 Å². The quantitative estimate of drug-likeness (QED) is 0.412. The summed E-state index contributed by atoms with van der Waals surface area (Å²) >= 11 is 0. The van der Waals surface area contributed by atoms with Crippen molar-refractivity contribution in [1.82, 2.24) is 29.6 Å². The number of nitrogens with zero attached hydrogens (tertiary/aromatic N) is 7. The number of amides is 1. The van der Waals surface area contributed by atoms with E-state index in [1.54, 1.807) is 29.2 Å². The minimum absolute atomic E-state index is 0.0288. The molecule has 1 aliphatic heterocycles. The molecule has 1 aliphatic rings. The maximum absolute atomic E-state index is 13.5. The number of halogens is 2. The zero-order valence-corrected chi connectivity index (χ0v) is 20.3.